The van der Waals surface area contributed by atoms with E-state index in [0.29, 0.717) is 4.91 Å². The predicted octanol–water partition coefficient (Wildman–Crippen LogP) is 3.87. The number of carboxylic acid groups (broad SMARTS) is 1. The molecule has 3 atom stereocenters. The Balaban J connectivity index is 1.85. The second-order valence-electron chi connectivity index (χ2n) is 9.16. The third kappa shape index (κ3) is 3.79. The first kappa shape index (κ1) is 22.1. The lowest BCUT2D eigenvalue weighted by molar-refractivity contribution is -0.156. The van der Waals surface area contributed by atoms with Crippen molar-refractivity contribution in [1.82, 2.24) is 4.90 Å². The topological polar surface area (TPSA) is 87.1 Å². The van der Waals surface area contributed by atoms with Gasteiger partial charge in [-0.2, -0.15) is 0 Å². The highest BCUT2D eigenvalue weighted by Gasteiger charge is 2.59. The summed E-state index contributed by atoms with van der Waals surface area (Å²) in [5.41, 5.74) is 1.53. The summed E-state index contributed by atoms with van der Waals surface area (Å²) in [6.07, 6.45) is -0.275. The minimum Gasteiger partial charge on any atom is -0.477 e. The van der Waals surface area contributed by atoms with Crippen LogP contribution in [0, 0.1) is 5.92 Å². The van der Waals surface area contributed by atoms with E-state index in [9.17, 15) is 19.8 Å². The van der Waals surface area contributed by atoms with Crippen LogP contribution in [0.15, 0.2) is 30.0 Å². The molecule has 2 aliphatic rings. The van der Waals surface area contributed by atoms with Crippen LogP contribution < -0.4 is 0 Å². The summed E-state index contributed by atoms with van der Waals surface area (Å²) >= 11 is 1.41. The molecular formula is C21H29NO5SSi. The van der Waals surface area contributed by atoms with Crippen LogP contribution >= 0.6 is 11.8 Å². The average Bonchev–Trinajstić information content (AvgIpc) is 2.95. The van der Waals surface area contributed by atoms with Gasteiger partial charge in [-0.05, 0) is 36.2 Å². The minimum absolute atomic E-state index is 0.0284. The smallest absolute Gasteiger partial charge is 0.353 e. The quantitative estimate of drug-likeness (QED) is 0.521. The molecule has 0 spiro atoms. The van der Waals surface area contributed by atoms with Crippen LogP contribution in [0.5, 0.6) is 0 Å². The fourth-order valence-electron chi connectivity index (χ4n) is 3.45. The molecule has 1 aromatic carbocycles. The molecule has 0 aliphatic carbocycles. The van der Waals surface area contributed by atoms with Gasteiger partial charge in [0.25, 0.3) is 0 Å². The maximum absolute atomic E-state index is 12.9. The maximum atomic E-state index is 12.9. The number of amides is 1. The number of thioether (sulfide) groups is 1. The lowest BCUT2D eigenvalue weighted by Gasteiger charge is -2.48. The van der Waals surface area contributed by atoms with Gasteiger partial charge in [-0.3, -0.25) is 9.69 Å². The first-order chi connectivity index (χ1) is 13.4. The van der Waals surface area contributed by atoms with Crippen molar-refractivity contribution in [3.05, 3.63) is 41.1 Å². The van der Waals surface area contributed by atoms with Crippen molar-refractivity contribution < 1.29 is 24.2 Å². The number of nitrogens with zero attached hydrogens (tertiary/aromatic N) is 1. The molecule has 1 amide bonds. The van der Waals surface area contributed by atoms with E-state index in [4.69, 9.17) is 4.43 Å². The summed E-state index contributed by atoms with van der Waals surface area (Å²) in [4.78, 5) is 26.9. The molecule has 2 aliphatic heterocycles. The van der Waals surface area contributed by atoms with Crippen molar-refractivity contribution in [3.8, 4) is 0 Å². The molecule has 0 saturated carbocycles. The fourth-order valence-corrected chi connectivity index (χ4v) is 6.49. The van der Waals surface area contributed by atoms with Gasteiger partial charge in [0.1, 0.15) is 11.1 Å². The number of fused-ring (bicyclic) bond motifs is 1. The van der Waals surface area contributed by atoms with Crippen LogP contribution in [0.2, 0.25) is 18.1 Å². The second-order valence-corrected chi connectivity index (χ2v) is 15.0. The molecule has 0 unspecified atom stereocenters. The van der Waals surface area contributed by atoms with E-state index < -0.39 is 14.3 Å². The zero-order valence-corrected chi connectivity index (χ0v) is 19.5. The van der Waals surface area contributed by atoms with Gasteiger partial charge >= 0.3 is 5.97 Å². The number of hydrogen-bond acceptors (Lipinski definition) is 5. The molecule has 0 aromatic heterocycles. The molecule has 158 valence electrons. The molecule has 6 nitrogen and oxygen atoms in total. The number of carbonyl (C=O) groups excluding carboxylic acids is 1. The van der Waals surface area contributed by atoms with Crippen LogP contribution in [-0.4, -0.2) is 46.8 Å². The SMILES string of the molecule is C[C@@H](O[Si](C)(C)C(C)(C)C)[C@H]1C(=O)N2C(C(=O)O)=C(c3ccc(CO)cc3)S[C@H]12. The number of aliphatic hydroxyl groups is 1. The zero-order chi connectivity index (χ0) is 21.7. The molecule has 0 radical (unpaired) electrons. The molecule has 2 heterocycles. The summed E-state index contributed by atoms with van der Waals surface area (Å²) < 4.78 is 6.44. The second kappa shape index (κ2) is 7.57. The van der Waals surface area contributed by atoms with E-state index in [1.54, 1.807) is 24.3 Å². The summed E-state index contributed by atoms with van der Waals surface area (Å²) in [6.45, 7) is 12.6. The Morgan fingerprint density at radius 2 is 1.86 bits per heavy atom. The standard InChI is InChI=1S/C21H29NO5SSi/c1-12(27-29(5,6)21(2,3)4)15-18(24)22-16(20(25)26)17(28-19(15)22)14-9-7-13(11-23)8-10-14/h7-10,12,15,19,23H,11H2,1-6H3,(H,25,26)/t12-,15+,19-/m1/s1. The number of aliphatic hydroxyl groups excluding tert-OH is 1. The largest absolute Gasteiger partial charge is 0.477 e. The normalized spacial score (nSPS) is 23.1. The number of rotatable bonds is 6. The maximum Gasteiger partial charge on any atom is 0.353 e. The van der Waals surface area contributed by atoms with Gasteiger partial charge in [0, 0.05) is 4.91 Å². The van der Waals surface area contributed by atoms with Crippen LogP contribution in [0.3, 0.4) is 0 Å². The Bertz CT molecular complexity index is 859. The van der Waals surface area contributed by atoms with Crippen molar-refractivity contribution in [3.63, 3.8) is 0 Å². The van der Waals surface area contributed by atoms with Crippen molar-refractivity contribution in [2.45, 2.75) is 63.9 Å². The lowest BCUT2D eigenvalue weighted by atomic mass is 9.92. The molecule has 8 heteroatoms. The fraction of sp³-hybridized carbons (Fsp3) is 0.524. The number of hydrogen-bond donors (Lipinski definition) is 2. The number of carboxylic acids is 1. The van der Waals surface area contributed by atoms with E-state index in [0.717, 1.165) is 11.1 Å². The van der Waals surface area contributed by atoms with Crippen molar-refractivity contribution in [1.29, 1.82) is 0 Å². The van der Waals surface area contributed by atoms with E-state index >= 15 is 0 Å². The van der Waals surface area contributed by atoms with Gasteiger partial charge in [-0.1, -0.05) is 56.8 Å². The number of benzene rings is 1. The monoisotopic (exact) mass is 435 g/mol. The Hall–Kier alpha value is -1.61. The molecule has 1 aromatic rings. The molecule has 0 bridgehead atoms. The molecule has 29 heavy (non-hydrogen) atoms. The third-order valence-corrected chi connectivity index (χ3v) is 12.2. The molecule has 1 saturated heterocycles. The van der Waals surface area contributed by atoms with Gasteiger partial charge in [0.2, 0.25) is 5.91 Å². The molecule has 2 N–H and O–H groups in total. The number of carbonyl (C=O) groups is 2. The van der Waals surface area contributed by atoms with Crippen molar-refractivity contribution in [2.75, 3.05) is 0 Å². The van der Waals surface area contributed by atoms with E-state index in [1.165, 1.54) is 16.7 Å². The number of aliphatic carboxylic acids is 1. The predicted molar refractivity (Wildman–Crippen MR) is 116 cm³/mol. The number of β-lactam (4-membered cyclic amide) rings is 1. The summed E-state index contributed by atoms with van der Waals surface area (Å²) in [7, 11) is -2.05. The van der Waals surface area contributed by atoms with Crippen molar-refractivity contribution >= 4 is 36.9 Å². The van der Waals surface area contributed by atoms with Crippen LogP contribution in [0.25, 0.3) is 4.91 Å². The highest BCUT2D eigenvalue weighted by Crippen LogP contribution is 2.54. The summed E-state index contributed by atoms with van der Waals surface area (Å²) in [5, 5.41) is 18.8. The summed E-state index contributed by atoms with van der Waals surface area (Å²) in [5.74, 6) is -1.66. The Labute approximate surface area is 177 Å². The van der Waals surface area contributed by atoms with E-state index in [1.807, 2.05) is 6.92 Å². The highest BCUT2D eigenvalue weighted by atomic mass is 32.2. The van der Waals surface area contributed by atoms with E-state index in [2.05, 4.69) is 33.9 Å². The third-order valence-electron chi connectivity index (χ3n) is 6.17. The average molecular weight is 436 g/mol. The van der Waals surface area contributed by atoms with Crippen LogP contribution in [0.1, 0.15) is 38.8 Å². The van der Waals surface area contributed by atoms with E-state index in [-0.39, 0.29) is 40.6 Å². The molecule has 3 rings (SSSR count). The summed E-state index contributed by atoms with van der Waals surface area (Å²) in [6, 6.07) is 7.11. The first-order valence-corrected chi connectivity index (χ1v) is 13.5. The molecular weight excluding hydrogens is 406 g/mol. The van der Waals surface area contributed by atoms with Crippen molar-refractivity contribution in [2.24, 2.45) is 5.92 Å². The van der Waals surface area contributed by atoms with Crippen LogP contribution in [-0.2, 0) is 20.6 Å². The minimum atomic E-state index is -2.05. The Kier molecular flexibility index (Phi) is 5.77. The van der Waals surface area contributed by atoms with Gasteiger partial charge in [-0.15, -0.1) is 0 Å². The zero-order valence-electron chi connectivity index (χ0n) is 17.7. The first-order valence-electron chi connectivity index (χ1n) is 9.74. The highest BCUT2D eigenvalue weighted by molar-refractivity contribution is 8.09. The Morgan fingerprint density at radius 3 is 2.34 bits per heavy atom. The van der Waals surface area contributed by atoms with Gasteiger partial charge in [0.15, 0.2) is 8.32 Å². The Morgan fingerprint density at radius 1 is 1.28 bits per heavy atom. The van der Waals surface area contributed by atoms with Gasteiger partial charge < -0.3 is 14.6 Å². The van der Waals surface area contributed by atoms with Crippen LogP contribution in [0.4, 0.5) is 0 Å². The van der Waals surface area contributed by atoms with Gasteiger partial charge in [-0.25, -0.2) is 4.79 Å². The lowest BCUT2D eigenvalue weighted by Crippen LogP contribution is -2.62. The van der Waals surface area contributed by atoms with Gasteiger partial charge in [0.05, 0.1) is 18.6 Å². The molecule has 1 fully saturated rings.